The molecule has 2 atom stereocenters. The van der Waals surface area contributed by atoms with Crippen molar-refractivity contribution in [1.29, 1.82) is 0 Å². The van der Waals surface area contributed by atoms with Crippen LogP contribution in [0.25, 0.3) is 0 Å². The van der Waals surface area contributed by atoms with Gasteiger partial charge in [-0.25, -0.2) is 4.79 Å². The van der Waals surface area contributed by atoms with Crippen molar-refractivity contribution in [2.75, 3.05) is 30.5 Å². The average Bonchev–Trinajstić information content (AvgIpc) is 3.06. The van der Waals surface area contributed by atoms with Crippen LogP contribution in [0.4, 0.5) is 16.2 Å². The topological polar surface area (TPSA) is 79.9 Å². The highest BCUT2D eigenvalue weighted by atomic mass is 16.7. The number of fused-ring (bicyclic) bond motifs is 1. The number of rotatable bonds is 4. The smallest absolute Gasteiger partial charge is 0.321 e. The second-order valence-corrected chi connectivity index (χ2v) is 8.33. The highest BCUT2D eigenvalue weighted by Crippen LogP contribution is 2.58. The summed E-state index contributed by atoms with van der Waals surface area (Å²) in [6.45, 7) is 3.60. The van der Waals surface area contributed by atoms with Gasteiger partial charge in [-0.3, -0.25) is 4.79 Å². The molecule has 7 nitrogen and oxygen atoms in total. The van der Waals surface area contributed by atoms with Gasteiger partial charge in [0, 0.05) is 41.9 Å². The number of hydrogen-bond acceptors (Lipinski definition) is 4. The number of carbonyl (C=O) groups excluding carboxylic acids is 2. The molecule has 0 aromatic heterocycles. The number of ether oxygens (including phenoxy) is 2. The van der Waals surface area contributed by atoms with Crippen molar-refractivity contribution in [3.05, 3.63) is 48.0 Å². The van der Waals surface area contributed by atoms with Gasteiger partial charge >= 0.3 is 6.03 Å². The van der Waals surface area contributed by atoms with Gasteiger partial charge in [0.05, 0.1) is 0 Å². The molecule has 1 saturated carbocycles. The van der Waals surface area contributed by atoms with Crippen molar-refractivity contribution in [1.82, 2.24) is 4.90 Å². The van der Waals surface area contributed by atoms with Gasteiger partial charge < -0.3 is 25.0 Å². The summed E-state index contributed by atoms with van der Waals surface area (Å²) in [5.41, 5.74) is 2.65. The molecule has 1 aliphatic carbocycles. The third-order valence-corrected chi connectivity index (χ3v) is 6.43. The van der Waals surface area contributed by atoms with Crippen LogP contribution in [0.3, 0.4) is 0 Å². The number of urea groups is 1. The van der Waals surface area contributed by atoms with Crippen molar-refractivity contribution in [2.45, 2.75) is 26.2 Å². The van der Waals surface area contributed by atoms with E-state index in [0.717, 1.165) is 24.9 Å². The minimum atomic E-state index is -0.0991. The lowest BCUT2D eigenvalue weighted by Gasteiger charge is -2.18. The molecule has 2 aromatic carbocycles. The molecular formula is C23H25N3O4. The van der Waals surface area contributed by atoms with Crippen LogP contribution >= 0.6 is 0 Å². The van der Waals surface area contributed by atoms with E-state index in [-0.39, 0.29) is 30.1 Å². The summed E-state index contributed by atoms with van der Waals surface area (Å²) in [7, 11) is 0. The molecule has 7 heteroatoms. The number of anilines is 2. The highest BCUT2D eigenvalue weighted by molar-refractivity contribution is 5.96. The maximum Gasteiger partial charge on any atom is 0.321 e. The van der Waals surface area contributed by atoms with E-state index in [9.17, 15) is 9.59 Å². The number of likely N-dealkylation sites (tertiary alicyclic amines) is 1. The van der Waals surface area contributed by atoms with Gasteiger partial charge in [0.2, 0.25) is 12.7 Å². The molecule has 2 heterocycles. The Morgan fingerprint density at radius 3 is 2.63 bits per heavy atom. The van der Waals surface area contributed by atoms with Gasteiger partial charge in [0.1, 0.15) is 0 Å². The molecule has 3 amide bonds. The van der Waals surface area contributed by atoms with Crippen LogP contribution in [0.15, 0.2) is 42.5 Å². The Bertz CT molecular complexity index is 990. The van der Waals surface area contributed by atoms with Crippen LogP contribution in [-0.4, -0.2) is 36.7 Å². The Morgan fingerprint density at radius 1 is 1.07 bits per heavy atom. The molecule has 2 fully saturated rings. The zero-order chi connectivity index (χ0) is 20.7. The predicted molar refractivity (Wildman–Crippen MR) is 113 cm³/mol. The molecule has 0 bridgehead atoms. The van der Waals surface area contributed by atoms with E-state index < -0.39 is 0 Å². The first-order valence-corrected chi connectivity index (χ1v) is 10.4. The molecule has 3 aliphatic rings. The third-order valence-electron chi connectivity index (χ3n) is 6.43. The fourth-order valence-corrected chi connectivity index (χ4v) is 4.47. The molecular weight excluding hydrogens is 382 g/mol. The number of carbonyl (C=O) groups is 2. The summed E-state index contributed by atoms with van der Waals surface area (Å²) >= 11 is 0. The van der Waals surface area contributed by atoms with Crippen LogP contribution in [0.2, 0.25) is 0 Å². The molecule has 5 rings (SSSR count). The van der Waals surface area contributed by atoms with E-state index in [2.05, 4.69) is 17.6 Å². The number of nitrogens with zero attached hydrogens (tertiary/aromatic N) is 1. The first-order chi connectivity index (χ1) is 14.6. The normalized spacial score (nSPS) is 23.5. The second-order valence-electron chi connectivity index (χ2n) is 8.33. The van der Waals surface area contributed by atoms with E-state index in [1.165, 1.54) is 5.56 Å². The molecule has 1 spiro atoms. The summed E-state index contributed by atoms with van der Waals surface area (Å²) in [4.78, 5) is 27.2. The van der Waals surface area contributed by atoms with Gasteiger partial charge in [0.15, 0.2) is 11.5 Å². The van der Waals surface area contributed by atoms with Gasteiger partial charge in [0.25, 0.3) is 0 Å². The molecule has 2 N–H and O–H groups in total. The minimum Gasteiger partial charge on any atom is -0.454 e. The van der Waals surface area contributed by atoms with E-state index in [4.69, 9.17) is 9.47 Å². The van der Waals surface area contributed by atoms with E-state index >= 15 is 0 Å². The van der Waals surface area contributed by atoms with Crippen LogP contribution < -0.4 is 20.1 Å². The number of hydrogen-bond donors (Lipinski definition) is 2. The number of amides is 3. The zero-order valence-electron chi connectivity index (χ0n) is 16.9. The van der Waals surface area contributed by atoms with Gasteiger partial charge in [-0.15, -0.1) is 0 Å². The largest absolute Gasteiger partial charge is 0.454 e. The molecule has 2 aromatic rings. The summed E-state index contributed by atoms with van der Waals surface area (Å²) in [6.07, 6.45) is 2.64. The standard InChI is InChI=1S/C23H25N3O4/c1-2-15-3-5-16(6-4-15)25-22(28)26-10-9-23(13-26)12-18(23)21(27)24-17-7-8-19-20(11-17)30-14-29-19/h3-8,11,18H,2,9-10,12-14H2,1H3,(H,24,27)(H,25,28)/t18-,23+/m0/s1. The molecule has 156 valence electrons. The summed E-state index contributed by atoms with van der Waals surface area (Å²) in [5.74, 6) is 1.28. The van der Waals surface area contributed by atoms with Crippen LogP contribution in [0.1, 0.15) is 25.3 Å². The molecule has 1 saturated heterocycles. The highest BCUT2D eigenvalue weighted by Gasteiger charge is 2.61. The fourth-order valence-electron chi connectivity index (χ4n) is 4.47. The zero-order valence-corrected chi connectivity index (χ0v) is 16.9. The Balaban J connectivity index is 1.16. The Hall–Kier alpha value is -3.22. The molecule has 30 heavy (non-hydrogen) atoms. The number of nitrogens with one attached hydrogen (secondary N) is 2. The minimum absolute atomic E-state index is 0.00581. The lowest BCUT2D eigenvalue weighted by Crippen LogP contribution is -2.33. The van der Waals surface area contributed by atoms with Gasteiger partial charge in [-0.1, -0.05) is 19.1 Å². The SMILES string of the molecule is CCc1ccc(NC(=O)N2CC[C@@]3(C[C@H]3C(=O)Nc3ccc4c(c3)OCO4)C2)cc1. The molecule has 0 radical (unpaired) electrons. The summed E-state index contributed by atoms with van der Waals surface area (Å²) < 4.78 is 10.7. The van der Waals surface area contributed by atoms with Crippen LogP contribution in [0, 0.1) is 11.3 Å². The van der Waals surface area contributed by atoms with Crippen molar-refractivity contribution in [3.63, 3.8) is 0 Å². The van der Waals surface area contributed by atoms with E-state index in [1.54, 1.807) is 12.1 Å². The fraction of sp³-hybridized carbons (Fsp3) is 0.391. The van der Waals surface area contributed by atoms with Crippen molar-refractivity contribution >= 4 is 23.3 Å². The number of benzene rings is 2. The first-order valence-electron chi connectivity index (χ1n) is 10.4. The monoisotopic (exact) mass is 407 g/mol. The van der Waals surface area contributed by atoms with E-state index in [1.807, 2.05) is 35.2 Å². The van der Waals surface area contributed by atoms with Crippen LogP contribution in [0.5, 0.6) is 11.5 Å². The quantitative estimate of drug-likeness (QED) is 0.807. The van der Waals surface area contributed by atoms with Crippen molar-refractivity contribution in [3.8, 4) is 11.5 Å². The average molecular weight is 407 g/mol. The van der Waals surface area contributed by atoms with E-state index in [0.29, 0.717) is 30.3 Å². The summed E-state index contributed by atoms with van der Waals surface area (Å²) in [5, 5.41) is 5.96. The Kier molecular flexibility index (Phi) is 4.53. The predicted octanol–water partition coefficient (Wildman–Crippen LogP) is 3.86. The second kappa shape index (κ2) is 7.23. The van der Waals surface area contributed by atoms with Crippen molar-refractivity contribution < 1.29 is 19.1 Å². The third kappa shape index (κ3) is 3.44. The molecule has 0 unspecified atom stereocenters. The van der Waals surface area contributed by atoms with Crippen LogP contribution in [-0.2, 0) is 11.2 Å². The maximum atomic E-state index is 12.8. The van der Waals surface area contributed by atoms with Gasteiger partial charge in [-0.05, 0) is 49.1 Å². The lowest BCUT2D eigenvalue weighted by molar-refractivity contribution is -0.118. The Morgan fingerprint density at radius 2 is 1.83 bits per heavy atom. The van der Waals surface area contributed by atoms with Gasteiger partial charge in [-0.2, -0.15) is 0 Å². The van der Waals surface area contributed by atoms with Crippen molar-refractivity contribution in [2.24, 2.45) is 11.3 Å². The molecule has 2 aliphatic heterocycles. The Labute approximate surface area is 175 Å². The summed E-state index contributed by atoms with van der Waals surface area (Å²) in [6, 6.07) is 13.2. The maximum absolute atomic E-state index is 12.8. The lowest BCUT2D eigenvalue weighted by atomic mass is 10.0. The number of aryl methyl sites for hydroxylation is 1. The first kappa shape index (κ1) is 18.8.